The van der Waals surface area contributed by atoms with Gasteiger partial charge in [-0.25, -0.2) is 0 Å². The van der Waals surface area contributed by atoms with Crippen molar-refractivity contribution >= 4 is 32.7 Å². The Morgan fingerprint density at radius 1 is 0.833 bits per heavy atom. The molecule has 2 heterocycles. The van der Waals surface area contributed by atoms with Gasteiger partial charge in [-0.15, -0.1) is 0 Å². The molecule has 148 valence electrons. The second kappa shape index (κ2) is 7.28. The summed E-state index contributed by atoms with van der Waals surface area (Å²) < 4.78 is 6.40. The predicted molar refractivity (Wildman–Crippen MR) is 125 cm³/mol. The van der Waals surface area contributed by atoms with Gasteiger partial charge in [-0.1, -0.05) is 74.6 Å². The first kappa shape index (κ1) is 17.7. The van der Waals surface area contributed by atoms with E-state index < -0.39 is 0 Å². The van der Waals surface area contributed by atoms with Crippen LogP contribution in [0.3, 0.4) is 0 Å². The molecule has 1 saturated carbocycles. The fourth-order valence-corrected chi connectivity index (χ4v) is 5.24. The molecule has 0 N–H and O–H groups in total. The van der Waals surface area contributed by atoms with E-state index in [9.17, 15) is 0 Å². The summed E-state index contributed by atoms with van der Waals surface area (Å²) in [6, 6.07) is 23.7. The van der Waals surface area contributed by atoms with E-state index in [2.05, 4.69) is 66.7 Å². The van der Waals surface area contributed by atoms with Crippen LogP contribution < -0.4 is 0 Å². The van der Waals surface area contributed by atoms with Crippen molar-refractivity contribution in [1.29, 1.82) is 0 Å². The highest BCUT2D eigenvalue weighted by Gasteiger charge is 2.17. The summed E-state index contributed by atoms with van der Waals surface area (Å²) in [6.07, 6.45) is 10.0. The largest absolute Gasteiger partial charge is 0.455 e. The molecule has 0 atom stereocenters. The highest BCUT2D eigenvalue weighted by Crippen LogP contribution is 2.39. The van der Waals surface area contributed by atoms with Crippen molar-refractivity contribution in [2.24, 2.45) is 5.92 Å². The number of furan rings is 1. The molecule has 0 bridgehead atoms. The lowest BCUT2D eigenvalue weighted by Gasteiger charge is -2.21. The fourth-order valence-electron chi connectivity index (χ4n) is 5.24. The Bertz CT molecular complexity index is 1360. The lowest BCUT2D eigenvalue weighted by molar-refractivity contribution is 0.356. The van der Waals surface area contributed by atoms with E-state index in [4.69, 9.17) is 9.40 Å². The molecule has 6 rings (SSSR count). The molecule has 0 saturated heterocycles. The van der Waals surface area contributed by atoms with E-state index in [0.29, 0.717) is 0 Å². The first-order chi connectivity index (χ1) is 14.9. The average Bonchev–Trinajstić information content (AvgIpc) is 3.19. The lowest BCUT2D eigenvalue weighted by Crippen LogP contribution is -2.09. The van der Waals surface area contributed by atoms with E-state index in [-0.39, 0.29) is 0 Å². The maximum absolute atomic E-state index is 6.40. The number of hydrogen-bond donors (Lipinski definition) is 0. The zero-order valence-electron chi connectivity index (χ0n) is 17.1. The van der Waals surface area contributed by atoms with E-state index >= 15 is 0 Å². The third kappa shape index (κ3) is 2.99. The molecule has 1 aliphatic carbocycles. The predicted octanol–water partition coefficient (Wildman–Crippen LogP) is 7.92. The van der Waals surface area contributed by atoms with Crippen molar-refractivity contribution in [2.75, 3.05) is 0 Å². The third-order valence-corrected chi connectivity index (χ3v) is 6.74. The Morgan fingerprint density at radius 2 is 1.70 bits per heavy atom. The molecule has 3 aromatic carbocycles. The van der Waals surface area contributed by atoms with Crippen molar-refractivity contribution in [3.63, 3.8) is 0 Å². The van der Waals surface area contributed by atoms with Gasteiger partial charge in [-0.2, -0.15) is 0 Å². The Morgan fingerprint density at radius 3 is 2.63 bits per heavy atom. The van der Waals surface area contributed by atoms with Crippen LogP contribution in [-0.2, 0) is 6.42 Å². The summed E-state index contributed by atoms with van der Waals surface area (Å²) in [4.78, 5) is 4.73. The minimum absolute atomic E-state index is 0.822. The molecule has 0 amide bonds. The first-order valence-electron chi connectivity index (χ1n) is 11.1. The Hall–Kier alpha value is -3.13. The number of aromatic nitrogens is 1. The zero-order chi connectivity index (χ0) is 19.9. The van der Waals surface area contributed by atoms with Crippen molar-refractivity contribution < 1.29 is 4.42 Å². The van der Waals surface area contributed by atoms with Gasteiger partial charge in [0, 0.05) is 22.5 Å². The van der Waals surface area contributed by atoms with Crippen molar-refractivity contribution in [2.45, 2.75) is 38.5 Å². The highest BCUT2D eigenvalue weighted by atomic mass is 16.3. The maximum atomic E-state index is 6.40. The fraction of sp³-hybridized carbons (Fsp3) is 0.250. The number of fused-ring (bicyclic) bond motifs is 5. The molecule has 0 aliphatic heterocycles. The van der Waals surface area contributed by atoms with Crippen LogP contribution >= 0.6 is 0 Å². The standard InChI is InChI=1S/C28H25NO/c1-2-7-19(8-3-1)17-20-15-16-29-25(18-20)23-11-6-12-24-27-22-10-5-4-9-21(22)13-14-26(27)30-28(23)24/h4-6,9-16,18-19H,1-3,7-8,17H2. The molecule has 0 radical (unpaired) electrons. The molecule has 1 fully saturated rings. The normalized spacial score (nSPS) is 15.3. The summed E-state index contributed by atoms with van der Waals surface area (Å²) in [7, 11) is 0. The van der Waals surface area contributed by atoms with Crippen LogP contribution in [0.25, 0.3) is 44.0 Å². The Kier molecular flexibility index (Phi) is 4.30. The van der Waals surface area contributed by atoms with Crippen LogP contribution in [0.15, 0.2) is 77.3 Å². The van der Waals surface area contributed by atoms with Gasteiger partial charge < -0.3 is 4.42 Å². The average molecular weight is 392 g/mol. The second-order valence-corrected chi connectivity index (χ2v) is 8.70. The van der Waals surface area contributed by atoms with Gasteiger partial charge in [0.1, 0.15) is 11.2 Å². The monoisotopic (exact) mass is 391 g/mol. The van der Waals surface area contributed by atoms with Crippen molar-refractivity contribution in [1.82, 2.24) is 4.98 Å². The van der Waals surface area contributed by atoms with Crippen LogP contribution in [0, 0.1) is 5.92 Å². The Labute approximate surface area is 176 Å². The van der Waals surface area contributed by atoms with E-state index in [1.165, 1.54) is 59.2 Å². The number of hydrogen-bond acceptors (Lipinski definition) is 2. The van der Waals surface area contributed by atoms with Gasteiger partial charge in [0.05, 0.1) is 5.69 Å². The topological polar surface area (TPSA) is 26.0 Å². The summed E-state index contributed by atoms with van der Waals surface area (Å²) in [5, 5.41) is 4.85. The van der Waals surface area contributed by atoms with Gasteiger partial charge in [0.2, 0.25) is 0 Å². The van der Waals surface area contributed by atoms with Crippen LogP contribution in [0.5, 0.6) is 0 Å². The molecule has 0 unspecified atom stereocenters. The minimum Gasteiger partial charge on any atom is -0.455 e. The minimum atomic E-state index is 0.822. The summed E-state index contributed by atoms with van der Waals surface area (Å²) >= 11 is 0. The Balaban J connectivity index is 1.48. The van der Waals surface area contributed by atoms with Crippen molar-refractivity contribution in [3.8, 4) is 11.3 Å². The van der Waals surface area contributed by atoms with Gasteiger partial charge in [-0.05, 0) is 52.9 Å². The van der Waals surface area contributed by atoms with Gasteiger partial charge in [-0.3, -0.25) is 4.98 Å². The molecule has 2 nitrogen and oxygen atoms in total. The van der Waals surface area contributed by atoms with Gasteiger partial charge >= 0.3 is 0 Å². The first-order valence-corrected chi connectivity index (χ1v) is 11.1. The van der Waals surface area contributed by atoms with Crippen LogP contribution in [0.1, 0.15) is 37.7 Å². The number of rotatable bonds is 3. The zero-order valence-corrected chi connectivity index (χ0v) is 17.1. The van der Waals surface area contributed by atoms with E-state index in [0.717, 1.165) is 34.8 Å². The molecule has 2 aromatic heterocycles. The summed E-state index contributed by atoms with van der Waals surface area (Å²) in [5.74, 6) is 0.822. The maximum Gasteiger partial charge on any atom is 0.144 e. The highest BCUT2D eigenvalue weighted by molar-refractivity contribution is 6.20. The number of para-hydroxylation sites is 1. The molecule has 2 heteroatoms. The molecular formula is C28H25NO. The van der Waals surface area contributed by atoms with E-state index in [1.807, 2.05) is 6.20 Å². The second-order valence-electron chi connectivity index (χ2n) is 8.70. The number of benzene rings is 3. The lowest BCUT2D eigenvalue weighted by atomic mass is 9.85. The van der Waals surface area contributed by atoms with Crippen LogP contribution in [-0.4, -0.2) is 4.98 Å². The van der Waals surface area contributed by atoms with Crippen LogP contribution in [0.4, 0.5) is 0 Å². The van der Waals surface area contributed by atoms with Crippen molar-refractivity contribution in [3.05, 3.63) is 78.5 Å². The van der Waals surface area contributed by atoms with Gasteiger partial charge in [0.25, 0.3) is 0 Å². The summed E-state index contributed by atoms with van der Waals surface area (Å²) in [6.45, 7) is 0. The molecule has 1 aliphatic rings. The molecular weight excluding hydrogens is 366 g/mol. The smallest absolute Gasteiger partial charge is 0.144 e. The van der Waals surface area contributed by atoms with Crippen LogP contribution in [0.2, 0.25) is 0 Å². The quantitative estimate of drug-likeness (QED) is 0.312. The number of pyridine rings is 1. The third-order valence-electron chi connectivity index (χ3n) is 6.74. The summed E-state index contributed by atoms with van der Waals surface area (Å²) in [5.41, 5.74) is 5.36. The molecule has 0 spiro atoms. The van der Waals surface area contributed by atoms with Gasteiger partial charge in [0.15, 0.2) is 0 Å². The molecule has 5 aromatic rings. The van der Waals surface area contributed by atoms with E-state index in [1.54, 1.807) is 0 Å². The number of nitrogens with zero attached hydrogens (tertiary/aromatic N) is 1. The molecule has 30 heavy (non-hydrogen) atoms. The SMILES string of the molecule is c1ccc2c(c1)ccc1oc3c(-c4cc(CC5CCCCC5)ccn4)cccc3c12.